The summed E-state index contributed by atoms with van der Waals surface area (Å²) >= 11 is 0. The Hall–Kier alpha value is -14.8. The molecule has 0 fully saturated rings. The lowest BCUT2D eigenvalue weighted by atomic mass is 9.84. The Morgan fingerprint density at radius 2 is 0.281 bits per heavy atom. The molecule has 0 spiro atoms. The molecule has 0 aliphatic carbocycles. The molecule has 0 atom stereocenters. The first-order valence-electron chi connectivity index (χ1n) is 39.5. The van der Waals surface area contributed by atoms with Gasteiger partial charge in [-0.2, -0.15) is 0 Å². The summed E-state index contributed by atoms with van der Waals surface area (Å²) in [6.07, 6.45) is 0. The molecule has 23 aromatic rings. The molecule has 0 amide bonds. The van der Waals surface area contributed by atoms with E-state index in [1.165, 1.54) is 218 Å². The fraction of sp³-hybridized carbons (Fsp3) is 0. The summed E-state index contributed by atoms with van der Waals surface area (Å²) < 4.78 is 0. The van der Waals surface area contributed by atoms with Gasteiger partial charge in [0, 0.05) is 0 Å². The van der Waals surface area contributed by atoms with Crippen LogP contribution >= 0.6 is 0 Å². The van der Waals surface area contributed by atoms with Crippen molar-refractivity contribution in [2.75, 3.05) is 0 Å². The lowest BCUT2D eigenvalue weighted by molar-refractivity contribution is 1.64. The number of hydrogen-bond acceptors (Lipinski definition) is 0. The molecule has 114 heavy (non-hydrogen) atoms. The first-order chi connectivity index (χ1) is 56.6. The van der Waals surface area contributed by atoms with Crippen molar-refractivity contribution >= 4 is 129 Å². The normalized spacial score (nSPS) is 11.5. The van der Waals surface area contributed by atoms with Crippen LogP contribution in [0.25, 0.3) is 218 Å². The molecule has 23 rings (SSSR count). The molecular formula is C114H74. The third-order valence-electron chi connectivity index (χ3n) is 23.5. The van der Waals surface area contributed by atoms with Gasteiger partial charge in [-0.05, 0) is 243 Å². The van der Waals surface area contributed by atoms with Gasteiger partial charge in [0.25, 0.3) is 0 Å². The molecule has 0 aliphatic heterocycles. The van der Waals surface area contributed by atoms with Crippen LogP contribution in [0.3, 0.4) is 0 Å². The van der Waals surface area contributed by atoms with E-state index in [4.69, 9.17) is 0 Å². The van der Waals surface area contributed by atoms with Gasteiger partial charge in [-0.1, -0.05) is 425 Å². The zero-order valence-electron chi connectivity index (χ0n) is 62.7. The summed E-state index contributed by atoms with van der Waals surface area (Å²) in [5.74, 6) is 0. The summed E-state index contributed by atoms with van der Waals surface area (Å²) in [4.78, 5) is 0. The average Bonchev–Trinajstić information content (AvgIpc) is 0.713. The van der Waals surface area contributed by atoms with Crippen molar-refractivity contribution in [2.24, 2.45) is 0 Å². The van der Waals surface area contributed by atoms with E-state index in [1.54, 1.807) is 0 Å². The van der Waals surface area contributed by atoms with Crippen LogP contribution in [0.5, 0.6) is 0 Å². The predicted molar refractivity (Wildman–Crippen MR) is 493 cm³/mol. The van der Waals surface area contributed by atoms with E-state index in [0.29, 0.717) is 0 Å². The Bertz CT molecular complexity index is 7500. The van der Waals surface area contributed by atoms with Gasteiger partial charge in [0.05, 0.1) is 0 Å². The van der Waals surface area contributed by atoms with Gasteiger partial charge in [-0.25, -0.2) is 0 Å². The maximum absolute atomic E-state index is 2.38. The van der Waals surface area contributed by atoms with E-state index < -0.39 is 0 Å². The molecule has 0 heterocycles. The first-order valence-corrected chi connectivity index (χ1v) is 39.5. The molecule has 530 valence electrons. The molecule has 0 saturated carbocycles. The van der Waals surface area contributed by atoms with Crippen LogP contribution in [-0.2, 0) is 0 Å². The third-order valence-corrected chi connectivity index (χ3v) is 23.5. The summed E-state index contributed by atoms with van der Waals surface area (Å²) in [5.41, 5.74) is 20.3. The number of fused-ring (bicyclic) bond motifs is 15. The standard InChI is InChI=1S/2C40H26.C34H22/c1-2-13-27(14-3-1)39-34-21-8-10-23-36(34)40(37-24-11-9-22-35(37)39)30-17-12-16-28(25-30)38-26-29-15-4-5-18-31(29)32-19-6-7-20-33(32)38;1-2-12-28(13-3-1)39-34-18-8-10-20-36(34)40(37-21-11-9-19-35(37)39)29-24-22-27(23-25-29)38-26-30-14-4-5-15-31(30)32-16-6-7-17-33(32)38;1-2-12-23(13-3-1)33-28-18-8-10-20-30(28)34(31-21-11-9-19-29(31)33)32-22-24-14-4-5-15-25(24)26-16-6-7-17-27(26)32/h2*1-26H;1-22H. The van der Waals surface area contributed by atoms with Crippen LogP contribution in [0.4, 0.5) is 0 Å². The molecule has 0 heteroatoms. The highest BCUT2D eigenvalue weighted by molar-refractivity contribution is 6.28. The number of benzene rings is 23. The van der Waals surface area contributed by atoms with Crippen molar-refractivity contribution in [3.63, 3.8) is 0 Å². The summed E-state index contributed by atoms with van der Waals surface area (Å²) in [7, 11) is 0. The summed E-state index contributed by atoms with van der Waals surface area (Å²) in [6, 6.07) is 163. The Morgan fingerprint density at radius 3 is 0.596 bits per heavy atom. The Morgan fingerprint density at radius 1 is 0.0877 bits per heavy atom. The molecule has 0 aliphatic rings. The van der Waals surface area contributed by atoms with E-state index >= 15 is 0 Å². The fourth-order valence-electron chi connectivity index (χ4n) is 18.6. The van der Waals surface area contributed by atoms with Crippen molar-refractivity contribution in [1.82, 2.24) is 0 Å². The van der Waals surface area contributed by atoms with E-state index in [1.807, 2.05) is 0 Å². The van der Waals surface area contributed by atoms with Crippen LogP contribution in [0.2, 0.25) is 0 Å². The Labute approximate surface area is 662 Å². The van der Waals surface area contributed by atoms with Crippen LogP contribution in [0.15, 0.2) is 449 Å². The first kappa shape index (κ1) is 67.3. The van der Waals surface area contributed by atoms with Crippen molar-refractivity contribution in [3.05, 3.63) is 449 Å². The molecule has 0 saturated heterocycles. The maximum atomic E-state index is 2.38. The monoisotopic (exact) mass is 1440 g/mol. The second kappa shape index (κ2) is 28.9. The van der Waals surface area contributed by atoms with E-state index in [-0.39, 0.29) is 0 Å². The minimum atomic E-state index is 1.24. The molecule has 0 aromatic heterocycles. The molecule has 0 nitrogen and oxygen atoms in total. The molecule has 0 bridgehead atoms. The smallest absolute Gasteiger partial charge is 0.00199 e. The van der Waals surface area contributed by atoms with Crippen LogP contribution in [-0.4, -0.2) is 0 Å². The SMILES string of the molecule is c1ccc(-c2c3ccccc3c(-c3cc4ccccc4c4ccccc34)c3ccccc23)cc1.c1ccc(-c2c3ccccc3c(-c3ccc(-c4cc5ccccc5c5ccccc45)cc3)c3ccccc23)cc1.c1ccc(-c2c3ccccc3c(-c3cccc(-c4cc5ccccc5c5ccccc45)c3)c3ccccc23)cc1. The third kappa shape index (κ3) is 11.7. The molecule has 0 unspecified atom stereocenters. The maximum Gasteiger partial charge on any atom is -0.00199 e. The van der Waals surface area contributed by atoms with Gasteiger partial charge < -0.3 is 0 Å². The van der Waals surface area contributed by atoms with Crippen molar-refractivity contribution in [3.8, 4) is 89.0 Å². The minimum absolute atomic E-state index is 1.24. The van der Waals surface area contributed by atoms with Crippen molar-refractivity contribution in [2.45, 2.75) is 0 Å². The highest BCUT2D eigenvalue weighted by Crippen LogP contribution is 2.50. The summed E-state index contributed by atoms with van der Waals surface area (Å²) in [5, 5.41) is 30.9. The fourth-order valence-corrected chi connectivity index (χ4v) is 18.6. The lowest BCUT2D eigenvalue weighted by Gasteiger charge is -2.19. The predicted octanol–water partition coefficient (Wildman–Crippen LogP) is 32.2. The second-order valence-corrected chi connectivity index (χ2v) is 29.9. The van der Waals surface area contributed by atoms with Crippen molar-refractivity contribution in [1.29, 1.82) is 0 Å². The molecule has 23 aromatic carbocycles. The Kier molecular flexibility index (Phi) is 17.1. The zero-order chi connectivity index (χ0) is 75.4. The topological polar surface area (TPSA) is 0 Å². The van der Waals surface area contributed by atoms with Gasteiger partial charge in [0.1, 0.15) is 0 Å². The largest absolute Gasteiger partial charge is 0.0622 e. The zero-order valence-corrected chi connectivity index (χ0v) is 62.7. The number of hydrogen-bond donors (Lipinski definition) is 0. The van der Waals surface area contributed by atoms with Crippen LogP contribution in [0, 0.1) is 0 Å². The second-order valence-electron chi connectivity index (χ2n) is 29.9. The highest BCUT2D eigenvalue weighted by Gasteiger charge is 2.23. The number of rotatable bonds is 8. The summed E-state index contributed by atoms with van der Waals surface area (Å²) in [6.45, 7) is 0. The van der Waals surface area contributed by atoms with Gasteiger partial charge in [-0.3, -0.25) is 0 Å². The molecular weight excluding hydrogens is 1370 g/mol. The van der Waals surface area contributed by atoms with Gasteiger partial charge in [0.15, 0.2) is 0 Å². The average molecular weight is 1440 g/mol. The van der Waals surface area contributed by atoms with Crippen molar-refractivity contribution < 1.29 is 0 Å². The molecule has 0 N–H and O–H groups in total. The van der Waals surface area contributed by atoms with Crippen LogP contribution in [0.1, 0.15) is 0 Å². The van der Waals surface area contributed by atoms with Crippen LogP contribution < -0.4 is 0 Å². The van der Waals surface area contributed by atoms with Gasteiger partial charge in [-0.15, -0.1) is 0 Å². The van der Waals surface area contributed by atoms with Gasteiger partial charge in [0.2, 0.25) is 0 Å². The quantitative estimate of drug-likeness (QED) is 0.105. The highest BCUT2D eigenvalue weighted by atomic mass is 14.3. The van der Waals surface area contributed by atoms with Gasteiger partial charge >= 0.3 is 0 Å². The molecule has 0 radical (unpaired) electrons. The van der Waals surface area contributed by atoms with E-state index in [0.717, 1.165) is 0 Å². The Balaban J connectivity index is 0.000000108. The van der Waals surface area contributed by atoms with E-state index in [9.17, 15) is 0 Å². The van der Waals surface area contributed by atoms with E-state index in [2.05, 4.69) is 449 Å². The lowest BCUT2D eigenvalue weighted by Crippen LogP contribution is -1.92. The minimum Gasteiger partial charge on any atom is -0.0622 e.